The summed E-state index contributed by atoms with van der Waals surface area (Å²) in [4.78, 5) is 17.6. The van der Waals surface area contributed by atoms with E-state index in [-0.39, 0.29) is 11.4 Å². The molecule has 1 aromatic heterocycles. The highest BCUT2D eigenvalue weighted by Crippen LogP contribution is 2.27. The van der Waals surface area contributed by atoms with Gasteiger partial charge in [-0.3, -0.25) is 9.79 Å². The lowest BCUT2D eigenvalue weighted by Gasteiger charge is -2.14. The predicted octanol–water partition coefficient (Wildman–Crippen LogP) is 5.61. The van der Waals surface area contributed by atoms with Crippen molar-refractivity contribution in [3.05, 3.63) is 93.2 Å². The van der Waals surface area contributed by atoms with Gasteiger partial charge in [-0.05, 0) is 61.5 Å². The van der Waals surface area contributed by atoms with E-state index in [1.807, 2.05) is 43.3 Å². The Morgan fingerprint density at radius 1 is 1.00 bits per heavy atom. The molecule has 0 unspecified atom stereocenters. The molecule has 1 N–H and O–H groups in total. The second-order valence-corrected chi connectivity index (χ2v) is 7.50. The molecule has 0 radical (unpaired) electrons. The maximum absolute atomic E-state index is 13.1. The van der Waals surface area contributed by atoms with Crippen molar-refractivity contribution < 1.29 is 9.84 Å². The minimum atomic E-state index is -0.298. The molecule has 150 valence electrons. The van der Waals surface area contributed by atoms with E-state index in [1.54, 1.807) is 42.6 Å². The summed E-state index contributed by atoms with van der Waals surface area (Å²) in [6.07, 6.45) is 1.59. The van der Waals surface area contributed by atoms with Gasteiger partial charge in [0, 0.05) is 21.5 Å². The Hall–Kier alpha value is -3.38. The van der Waals surface area contributed by atoms with Gasteiger partial charge in [0.25, 0.3) is 5.56 Å². The van der Waals surface area contributed by atoms with Crippen LogP contribution in [0.5, 0.6) is 11.6 Å². The molecular formula is C24H19BrN2O3. The van der Waals surface area contributed by atoms with Crippen molar-refractivity contribution in [1.29, 1.82) is 0 Å². The van der Waals surface area contributed by atoms with Gasteiger partial charge >= 0.3 is 0 Å². The highest BCUT2D eigenvalue weighted by molar-refractivity contribution is 9.10. The van der Waals surface area contributed by atoms with E-state index in [0.29, 0.717) is 34.4 Å². The van der Waals surface area contributed by atoms with Crippen LogP contribution >= 0.6 is 15.9 Å². The monoisotopic (exact) mass is 462 g/mol. The summed E-state index contributed by atoms with van der Waals surface area (Å²) in [7, 11) is 0. The number of aromatic nitrogens is 1. The van der Waals surface area contributed by atoms with E-state index in [4.69, 9.17) is 4.74 Å². The molecule has 0 atom stereocenters. The van der Waals surface area contributed by atoms with Crippen LogP contribution in [0.2, 0.25) is 0 Å². The van der Waals surface area contributed by atoms with Gasteiger partial charge in [0.15, 0.2) is 0 Å². The predicted molar refractivity (Wildman–Crippen MR) is 124 cm³/mol. The Morgan fingerprint density at radius 2 is 1.67 bits per heavy atom. The maximum Gasteiger partial charge on any atom is 0.265 e. The fourth-order valence-electron chi connectivity index (χ4n) is 3.25. The van der Waals surface area contributed by atoms with Crippen molar-refractivity contribution >= 4 is 38.6 Å². The third-order valence-electron chi connectivity index (χ3n) is 4.68. The normalized spacial score (nSPS) is 11.3. The summed E-state index contributed by atoms with van der Waals surface area (Å²) < 4.78 is 7.72. The van der Waals surface area contributed by atoms with Crippen LogP contribution in [0.3, 0.4) is 0 Å². The van der Waals surface area contributed by atoms with Gasteiger partial charge in [0.2, 0.25) is 5.88 Å². The molecule has 0 aliphatic rings. The minimum absolute atomic E-state index is 0.163. The second-order valence-electron chi connectivity index (χ2n) is 6.58. The van der Waals surface area contributed by atoms with Crippen LogP contribution in [0, 0.1) is 0 Å². The summed E-state index contributed by atoms with van der Waals surface area (Å²) in [6.45, 7) is 2.46. The van der Waals surface area contributed by atoms with Crippen LogP contribution in [0.4, 0.5) is 5.69 Å². The molecule has 6 heteroatoms. The van der Waals surface area contributed by atoms with Gasteiger partial charge in [-0.15, -0.1) is 0 Å². The van der Waals surface area contributed by atoms with E-state index in [0.717, 1.165) is 10.2 Å². The highest BCUT2D eigenvalue weighted by Gasteiger charge is 2.16. The van der Waals surface area contributed by atoms with Crippen molar-refractivity contribution in [3.8, 4) is 17.3 Å². The maximum atomic E-state index is 13.1. The number of nitrogens with zero attached hydrogens (tertiary/aromatic N) is 2. The first kappa shape index (κ1) is 19.9. The molecule has 1 heterocycles. The zero-order valence-electron chi connectivity index (χ0n) is 16.2. The number of halogens is 1. The summed E-state index contributed by atoms with van der Waals surface area (Å²) in [5, 5.41) is 12.2. The van der Waals surface area contributed by atoms with E-state index >= 15 is 0 Å². The second kappa shape index (κ2) is 8.55. The Morgan fingerprint density at radius 3 is 2.33 bits per heavy atom. The summed E-state index contributed by atoms with van der Waals surface area (Å²) >= 11 is 3.40. The topological polar surface area (TPSA) is 63.8 Å². The number of ether oxygens (including phenoxy) is 1. The number of aliphatic imine (C=N–C) groups is 1. The number of fused-ring (bicyclic) bond motifs is 1. The number of pyridine rings is 1. The SMILES string of the molecule is CCOc1ccc(-n2c(O)c(C=Nc3ccc(Br)cc3)c3ccccc3c2=O)cc1. The van der Waals surface area contributed by atoms with Gasteiger partial charge in [-0.1, -0.05) is 34.1 Å². The fourth-order valence-corrected chi connectivity index (χ4v) is 3.52. The van der Waals surface area contributed by atoms with Gasteiger partial charge in [0.1, 0.15) is 5.75 Å². The van der Waals surface area contributed by atoms with E-state index in [2.05, 4.69) is 20.9 Å². The molecule has 0 spiro atoms. The number of hydrogen-bond acceptors (Lipinski definition) is 4. The Bertz CT molecular complexity index is 1280. The van der Waals surface area contributed by atoms with Crippen LogP contribution in [0.1, 0.15) is 12.5 Å². The zero-order valence-corrected chi connectivity index (χ0v) is 17.8. The minimum Gasteiger partial charge on any atom is -0.494 e. The average molecular weight is 463 g/mol. The third kappa shape index (κ3) is 3.86. The molecule has 0 bridgehead atoms. The molecule has 4 aromatic rings. The first-order chi connectivity index (χ1) is 14.6. The molecule has 0 aliphatic carbocycles. The Balaban J connectivity index is 1.89. The number of benzene rings is 3. The lowest BCUT2D eigenvalue weighted by molar-refractivity contribution is 0.340. The largest absolute Gasteiger partial charge is 0.494 e. The quantitative estimate of drug-likeness (QED) is 0.392. The number of hydrogen-bond donors (Lipinski definition) is 1. The van der Waals surface area contributed by atoms with Crippen molar-refractivity contribution in [2.45, 2.75) is 6.92 Å². The molecular weight excluding hydrogens is 444 g/mol. The van der Waals surface area contributed by atoms with Crippen molar-refractivity contribution in [3.63, 3.8) is 0 Å². The molecule has 30 heavy (non-hydrogen) atoms. The lowest BCUT2D eigenvalue weighted by atomic mass is 10.1. The molecule has 0 amide bonds. The summed E-state index contributed by atoms with van der Waals surface area (Å²) in [6, 6.07) is 21.7. The van der Waals surface area contributed by atoms with Gasteiger partial charge in [0.05, 0.1) is 23.5 Å². The van der Waals surface area contributed by atoms with Gasteiger partial charge < -0.3 is 9.84 Å². The van der Waals surface area contributed by atoms with Gasteiger partial charge in [-0.2, -0.15) is 0 Å². The number of rotatable bonds is 5. The van der Waals surface area contributed by atoms with Crippen molar-refractivity contribution in [2.24, 2.45) is 4.99 Å². The first-order valence-electron chi connectivity index (χ1n) is 9.48. The van der Waals surface area contributed by atoms with Gasteiger partial charge in [-0.25, -0.2) is 4.57 Å². The average Bonchev–Trinajstić information content (AvgIpc) is 2.76. The number of aromatic hydroxyl groups is 1. The van der Waals surface area contributed by atoms with Crippen LogP contribution < -0.4 is 10.3 Å². The molecule has 0 fully saturated rings. The highest BCUT2D eigenvalue weighted by atomic mass is 79.9. The standard InChI is InChI=1S/C24H19BrN2O3/c1-2-30-19-13-11-18(12-14-19)27-23(28)21-6-4-3-5-20(21)22(24(27)29)15-26-17-9-7-16(25)8-10-17/h3-15,29H,2H2,1H3. The Labute approximate surface area is 182 Å². The zero-order chi connectivity index (χ0) is 21.1. The van der Waals surface area contributed by atoms with E-state index < -0.39 is 0 Å². The van der Waals surface area contributed by atoms with E-state index in [1.165, 1.54) is 4.57 Å². The summed E-state index contributed by atoms with van der Waals surface area (Å²) in [5.41, 5.74) is 1.46. The molecule has 0 aliphatic heterocycles. The molecule has 0 saturated heterocycles. The Kier molecular flexibility index (Phi) is 5.68. The van der Waals surface area contributed by atoms with Crippen molar-refractivity contribution in [1.82, 2.24) is 4.57 Å². The molecule has 3 aromatic carbocycles. The van der Waals surface area contributed by atoms with Crippen molar-refractivity contribution in [2.75, 3.05) is 6.61 Å². The third-order valence-corrected chi connectivity index (χ3v) is 5.21. The molecule has 0 saturated carbocycles. The van der Waals surface area contributed by atoms with E-state index in [9.17, 15) is 9.90 Å². The van der Waals surface area contributed by atoms with Crippen LogP contribution in [-0.4, -0.2) is 22.5 Å². The summed E-state index contributed by atoms with van der Waals surface area (Å²) in [5.74, 6) is 0.537. The molecule has 4 rings (SSSR count). The van der Waals surface area contributed by atoms with Crippen LogP contribution in [0.15, 0.2) is 87.1 Å². The lowest BCUT2D eigenvalue weighted by Crippen LogP contribution is -2.20. The molecule has 5 nitrogen and oxygen atoms in total. The smallest absolute Gasteiger partial charge is 0.265 e. The van der Waals surface area contributed by atoms with Crippen LogP contribution in [-0.2, 0) is 0 Å². The fraction of sp³-hybridized carbons (Fsp3) is 0.0833. The van der Waals surface area contributed by atoms with Crippen LogP contribution in [0.25, 0.3) is 16.5 Å². The first-order valence-corrected chi connectivity index (χ1v) is 10.3.